The molecule has 0 saturated carbocycles. The second kappa shape index (κ2) is 5.25. The molecule has 0 saturated heterocycles. The summed E-state index contributed by atoms with van der Waals surface area (Å²) in [6, 6.07) is 0. The number of hydrogen-bond acceptors (Lipinski definition) is 7. The van der Waals surface area contributed by atoms with Gasteiger partial charge in [0.05, 0.1) is 0 Å². The van der Waals surface area contributed by atoms with Gasteiger partial charge >= 0.3 is 47.2 Å². The molecule has 13 heavy (non-hydrogen) atoms. The van der Waals surface area contributed by atoms with Crippen molar-refractivity contribution in [2.45, 2.75) is 0 Å². The zero-order valence-electron chi connectivity index (χ0n) is 6.01. The van der Waals surface area contributed by atoms with Crippen LogP contribution in [0.15, 0.2) is 0 Å². The Morgan fingerprint density at radius 1 is 1.00 bits per heavy atom. The first-order valence-electron chi connectivity index (χ1n) is 2.02. The van der Waals surface area contributed by atoms with Crippen molar-refractivity contribution in [3.05, 3.63) is 0 Å². The Labute approximate surface area is 85.2 Å². The molecule has 72 valence electrons. The summed E-state index contributed by atoms with van der Waals surface area (Å²) in [4.78, 5) is 0. The van der Waals surface area contributed by atoms with Crippen LogP contribution >= 0.6 is 0 Å². The predicted molar refractivity (Wildman–Crippen MR) is 28.0 cm³/mol. The predicted octanol–water partition coefficient (Wildman–Crippen LogP) is -5.20. The number of rotatable bonds is 4. The molecular weight excluding hydrogens is 232 g/mol. The van der Waals surface area contributed by atoms with Crippen LogP contribution in [0.3, 0.4) is 0 Å². The van der Waals surface area contributed by atoms with Crippen LogP contribution in [-0.4, -0.2) is 24.2 Å². The van der Waals surface area contributed by atoms with E-state index in [2.05, 4.69) is 8.20 Å². The Morgan fingerprint density at radius 2 is 1.23 bits per heavy atom. The molecule has 0 heterocycles. The minimum Gasteiger partial charge on any atom is -0.830 e. The Hall–Kier alpha value is 0.302. The molecule has 0 N–H and O–H groups in total. The van der Waals surface area contributed by atoms with Gasteiger partial charge in [-0.3, -0.25) is 8.20 Å². The average Bonchev–Trinajstić information content (AvgIpc) is 1.49. The van der Waals surface area contributed by atoms with Crippen molar-refractivity contribution in [3.8, 4) is 0 Å². The topological polar surface area (TPSA) is 110 Å². The summed E-state index contributed by atoms with van der Waals surface area (Å²) in [7, 11) is -14.7. The molecular formula is BF2LiO7S2. The quantitative estimate of drug-likeness (QED) is 0.351. The van der Waals surface area contributed by atoms with E-state index in [1.165, 1.54) is 0 Å². The van der Waals surface area contributed by atoms with Gasteiger partial charge in [-0.15, -0.1) is 0 Å². The van der Waals surface area contributed by atoms with Crippen molar-refractivity contribution in [3.63, 3.8) is 0 Å². The summed E-state index contributed by atoms with van der Waals surface area (Å²) in [5.41, 5.74) is 0. The minimum atomic E-state index is -5.66. The average molecular weight is 232 g/mol. The van der Waals surface area contributed by atoms with Gasteiger partial charge in [0.2, 0.25) is 0 Å². The second-order valence-electron chi connectivity index (χ2n) is 1.27. The molecule has 0 unspecified atom stereocenters. The van der Waals surface area contributed by atoms with Crippen LogP contribution in [0.25, 0.3) is 0 Å². The van der Waals surface area contributed by atoms with Crippen LogP contribution < -0.4 is 23.9 Å². The molecule has 0 spiro atoms. The van der Waals surface area contributed by atoms with Crippen LogP contribution in [-0.2, 0) is 29.2 Å². The summed E-state index contributed by atoms with van der Waals surface area (Å²) >= 11 is 0. The van der Waals surface area contributed by atoms with E-state index >= 15 is 0 Å². The molecule has 0 atom stereocenters. The summed E-state index contributed by atoms with van der Waals surface area (Å²) in [5, 5.41) is 9.87. The molecule has 0 bridgehead atoms. The third-order valence-corrected chi connectivity index (χ3v) is 1.16. The molecule has 0 aromatic heterocycles. The molecule has 0 aliphatic rings. The van der Waals surface area contributed by atoms with E-state index < -0.39 is 28.3 Å². The molecule has 7 nitrogen and oxygen atoms in total. The second-order valence-corrected chi connectivity index (χ2v) is 3.22. The maximum absolute atomic E-state index is 11.4. The normalized spacial score (nSPS) is 11.9. The van der Waals surface area contributed by atoms with Gasteiger partial charge in [0.25, 0.3) is 0 Å². The number of halogens is 2. The van der Waals surface area contributed by atoms with Crippen LogP contribution in [0.4, 0.5) is 7.77 Å². The van der Waals surface area contributed by atoms with Gasteiger partial charge in [-0.25, -0.2) is 0 Å². The molecule has 0 radical (unpaired) electrons. The van der Waals surface area contributed by atoms with Crippen molar-refractivity contribution >= 4 is 28.3 Å². The van der Waals surface area contributed by atoms with Crippen molar-refractivity contribution in [2.75, 3.05) is 0 Å². The summed E-state index contributed by atoms with van der Waals surface area (Å²) in [6.45, 7) is 0. The first kappa shape index (κ1) is 15.8. The van der Waals surface area contributed by atoms with E-state index in [9.17, 15) is 29.6 Å². The van der Waals surface area contributed by atoms with Crippen molar-refractivity contribution in [1.29, 1.82) is 0 Å². The third-order valence-electron chi connectivity index (χ3n) is 0.387. The van der Waals surface area contributed by atoms with Gasteiger partial charge in [0, 0.05) is 0 Å². The van der Waals surface area contributed by atoms with E-state index in [1.54, 1.807) is 0 Å². The largest absolute Gasteiger partial charge is 1.00 e. The Morgan fingerprint density at radius 3 is 1.38 bits per heavy atom. The Bertz CT molecular complexity index is 298. The van der Waals surface area contributed by atoms with Crippen LogP contribution in [0.5, 0.6) is 0 Å². The standard InChI is InChI=1S/BF2O7S2.Li/c2-11(5,6)9-1(4)10-12(3,7)8;/q-1;+1. The summed E-state index contributed by atoms with van der Waals surface area (Å²) in [5.74, 6) is 0. The monoisotopic (exact) mass is 232 g/mol. The van der Waals surface area contributed by atoms with E-state index in [4.69, 9.17) is 0 Å². The van der Waals surface area contributed by atoms with Gasteiger partial charge in [0.1, 0.15) is 0 Å². The van der Waals surface area contributed by atoms with E-state index in [0.717, 1.165) is 0 Å². The maximum atomic E-state index is 11.4. The Kier molecular flexibility index (Phi) is 6.36. The zero-order chi connectivity index (χ0) is 9.99. The first-order valence-corrected chi connectivity index (χ1v) is 4.63. The third kappa shape index (κ3) is 12.3. The van der Waals surface area contributed by atoms with Crippen LogP contribution in [0.1, 0.15) is 0 Å². The SMILES string of the molecule is O=S(=O)(F)OB([O-])OS(=O)(=O)F.[Li+]. The molecule has 0 aliphatic heterocycles. The fraction of sp³-hybridized carbons (Fsp3) is 0. The van der Waals surface area contributed by atoms with E-state index in [-0.39, 0.29) is 18.9 Å². The minimum absolute atomic E-state index is 0. The molecule has 13 heteroatoms. The van der Waals surface area contributed by atoms with Crippen molar-refractivity contribution in [1.82, 2.24) is 0 Å². The molecule has 0 rings (SSSR count). The molecule has 0 aromatic rings. The van der Waals surface area contributed by atoms with Gasteiger partial charge in [-0.05, 0) is 0 Å². The van der Waals surface area contributed by atoms with E-state index in [0.29, 0.717) is 0 Å². The van der Waals surface area contributed by atoms with Crippen molar-refractivity contribution < 1.29 is 56.7 Å². The molecule has 0 fully saturated rings. The first-order chi connectivity index (χ1) is 5.10. The fourth-order valence-electron chi connectivity index (χ4n) is 0.204. The zero-order valence-corrected chi connectivity index (χ0v) is 7.64. The molecule has 0 aliphatic carbocycles. The van der Waals surface area contributed by atoms with Gasteiger partial charge in [0.15, 0.2) is 0 Å². The summed E-state index contributed by atoms with van der Waals surface area (Å²) in [6.07, 6.45) is 0. The fourth-order valence-corrected chi connectivity index (χ4v) is 0.707. The van der Waals surface area contributed by atoms with E-state index in [1.807, 2.05) is 0 Å². The molecule has 0 aromatic carbocycles. The maximum Gasteiger partial charge on any atom is 1.00 e. The molecule has 0 amide bonds. The Balaban J connectivity index is 0. The van der Waals surface area contributed by atoms with Crippen LogP contribution in [0, 0.1) is 0 Å². The van der Waals surface area contributed by atoms with Gasteiger partial charge in [-0.2, -0.15) is 16.8 Å². The smallest absolute Gasteiger partial charge is 0.830 e. The summed E-state index contributed by atoms with van der Waals surface area (Å²) < 4.78 is 65.9. The number of hydrogen-bond donors (Lipinski definition) is 0. The van der Waals surface area contributed by atoms with Crippen LogP contribution in [0.2, 0.25) is 0 Å². The van der Waals surface area contributed by atoms with Gasteiger partial charge < -0.3 is 5.02 Å². The van der Waals surface area contributed by atoms with Gasteiger partial charge in [-0.1, -0.05) is 7.77 Å². The van der Waals surface area contributed by atoms with Crippen molar-refractivity contribution in [2.24, 2.45) is 0 Å².